The number of hydrogen-bond donors (Lipinski definition) is 0. The van der Waals surface area contributed by atoms with Gasteiger partial charge in [-0.2, -0.15) is 0 Å². The zero-order valence-electron chi connectivity index (χ0n) is 39.6. The SMILES string of the molecule is Cc1ccc(N(c2ccc(C)cc2)c2cc3c4c(c2)-n2c5ccc([Si](C)(C)C)cc5c5cc([Si](C)(C)C)cc(c52)B4c2cc([Si](C)(C)C)cc4c2N3C2(C)CCCCC42C)cc1. The van der Waals surface area contributed by atoms with E-state index in [0.717, 1.165) is 0 Å². The first-order chi connectivity index (χ1) is 29.2. The van der Waals surface area contributed by atoms with Gasteiger partial charge in [-0.25, -0.2) is 0 Å². The van der Waals surface area contributed by atoms with Crippen molar-refractivity contribution in [3.8, 4) is 5.69 Å². The molecule has 3 aliphatic heterocycles. The Hall–Kier alpha value is -4.56. The van der Waals surface area contributed by atoms with E-state index >= 15 is 0 Å². The highest BCUT2D eigenvalue weighted by molar-refractivity contribution is 7.01. The Morgan fingerprint density at radius 1 is 0.548 bits per heavy atom. The second-order valence-corrected chi connectivity index (χ2v) is 38.5. The van der Waals surface area contributed by atoms with Crippen molar-refractivity contribution in [3.63, 3.8) is 0 Å². The highest BCUT2D eigenvalue weighted by Crippen LogP contribution is 2.61. The summed E-state index contributed by atoms with van der Waals surface area (Å²) in [7, 11) is -5.07. The Morgan fingerprint density at radius 3 is 1.71 bits per heavy atom. The molecule has 0 radical (unpaired) electrons. The van der Waals surface area contributed by atoms with Gasteiger partial charge in [0.15, 0.2) is 0 Å². The molecule has 0 N–H and O–H groups in total. The minimum absolute atomic E-state index is 0.0414. The van der Waals surface area contributed by atoms with Crippen molar-refractivity contribution in [2.75, 3.05) is 9.80 Å². The van der Waals surface area contributed by atoms with Crippen LogP contribution in [0.5, 0.6) is 0 Å². The molecule has 7 aromatic rings. The molecule has 3 nitrogen and oxygen atoms in total. The number of aromatic nitrogens is 1. The van der Waals surface area contributed by atoms with E-state index in [0.29, 0.717) is 0 Å². The van der Waals surface area contributed by atoms with Gasteiger partial charge in [-0.1, -0.05) is 166 Å². The van der Waals surface area contributed by atoms with E-state index in [-0.39, 0.29) is 17.7 Å². The largest absolute Gasteiger partial charge is 0.335 e. The summed E-state index contributed by atoms with van der Waals surface area (Å²) in [5, 5.41) is 7.56. The van der Waals surface area contributed by atoms with Crippen LogP contribution in [0.1, 0.15) is 56.2 Å². The summed E-state index contributed by atoms with van der Waals surface area (Å²) in [5.41, 5.74) is 19.3. The molecule has 4 aliphatic rings. The molecule has 0 amide bonds. The highest BCUT2D eigenvalue weighted by Gasteiger charge is 2.61. The minimum Gasteiger partial charge on any atom is -0.335 e. The lowest BCUT2D eigenvalue weighted by Gasteiger charge is -2.52. The van der Waals surface area contributed by atoms with Gasteiger partial charge in [0.2, 0.25) is 0 Å². The van der Waals surface area contributed by atoms with E-state index in [9.17, 15) is 0 Å². The van der Waals surface area contributed by atoms with E-state index in [1.165, 1.54) is 109 Å². The van der Waals surface area contributed by atoms with Crippen LogP contribution in [0.15, 0.2) is 103 Å². The van der Waals surface area contributed by atoms with Crippen molar-refractivity contribution in [1.29, 1.82) is 0 Å². The lowest BCUT2D eigenvalue weighted by molar-refractivity contribution is 0.195. The molecule has 4 heterocycles. The highest BCUT2D eigenvalue weighted by atomic mass is 28.3. The Bertz CT molecular complexity index is 2990. The van der Waals surface area contributed by atoms with Crippen LogP contribution in [-0.4, -0.2) is 41.0 Å². The second-order valence-electron chi connectivity index (χ2n) is 23.2. The van der Waals surface area contributed by atoms with Crippen LogP contribution in [-0.2, 0) is 5.41 Å². The summed E-state index contributed by atoms with van der Waals surface area (Å²) in [4.78, 5) is 5.47. The number of aryl methyl sites for hydroxylation is 2. The summed E-state index contributed by atoms with van der Waals surface area (Å²) < 4.78 is 2.73. The van der Waals surface area contributed by atoms with E-state index < -0.39 is 24.2 Å². The number of anilines is 5. The van der Waals surface area contributed by atoms with Gasteiger partial charge in [0.1, 0.15) is 0 Å². The molecule has 1 saturated carbocycles. The second kappa shape index (κ2) is 13.0. The Balaban J connectivity index is 1.34. The molecular formula is C55H64BN3Si3. The molecule has 11 rings (SSSR count). The summed E-state index contributed by atoms with van der Waals surface area (Å²) in [5.74, 6) is 0. The van der Waals surface area contributed by atoms with Crippen molar-refractivity contribution in [1.82, 2.24) is 4.57 Å². The fraction of sp³-hybridized carbons (Fsp3) is 0.345. The molecule has 1 fully saturated rings. The minimum atomic E-state index is -1.74. The van der Waals surface area contributed by atoms with E-state index in [2.05, 4.69) is 204 Å². The lowest BCUT2D eigenvalue weighted by atomic mass is 9.33. The molecular weight excluding hydrogens is 798 g/mol. The van der Waals surface area contributed by atoms with Crippen LogP contribution in [0.3, 0.4) is 0 Å². The summed E-state index contributed by atoms with van der Waals surface area (Å²) in [6, 6.07) is 41.9. The predicted molar refractivity (Wildman–Crippen MR) is 281 cm³/mol. The van der Waals surface area contributed by atoms with Crippen LogP contribution in [0.4, 0.5) is 28.4 Å². The maximum atomic E-state index is 2.94. The van der Waals surface area contributed by atoms with Gasteiger partial charge < -0.3 is 14.4 Å². The van der Waals surface area contributed by atoms with Crippen molar-refractivity contribution in [2.24, 2.45) is 0 Å². The summed E-state index contributed by atoms with van der Waals surface area (Å²) in [6.45, 7) is 32.7. The molecule has 62 heavy (non-hydrogen) atoms. The number of nitrogens with zero attached hydrogens (tertiary/aromatic N) is 3. The van der Waals surface area contributed by atoms with Crippen LogP contribution < -0.4 is 41.7 Å². The lowest BCUT2D eigenvalue weighted by Crippen LogP contribution is -2.65. The summed E-state index contributed by atoms with van der Waals surface area (Å²) >= 11 is 0. The molecule has 2 atom stereocenters. The smallest absolute Gasteiger partial charge is 0.252 e. The molecule has 0 saturated heterocycles. The average molecular weight is 862 g/mol. The molecule has 0 spiro atoms. The van der Waals surface area contributed by atoms with E-state index in [1.807, 2.05) is 0 Å². The fourth-order valence-electron chi connectivity index (χ4n) is 12.2. The van der Waals surface area contributed by atoms with Crippen LogP contribution in [0.2, 0.25) is 58.9 Å². The average Bonchev–Trinajstić information content (AvgIpc) is 3.65. The molecule has 1 aliphatic carbocycles. The molecule has 6 aromatic carbocycles. The number of rotatable bonds is 6. The summed E-state index contributed by atoms with van der Waals surface area (Å²) in [6.07, 6.45) is 4.97. The fourth-order valence-corrected chi connectivity index (χ4v) is 15.6. The standard InChI is InChI=1S/C55H64BN3Si3/c1-35-16-20-37(21-17-35)57(38-22-18-36(2)19-23-38)39-28-49-51-50(29-39)59-53-45(54(3)26-14-15-27-55(54,59)4)32-42(62(11,12)13)34-47(53)56(51)46-33-41(61(8,9)10)31-44-43-30-40(60(5,6)7)24-25-48(43)58(49)52(44)46/h16-25,28-34H,14-15,26-27H2,1-13H3. The number of fused-ring (bicyclic) bond motifs is 10. The predicted octanol–water partition coefficient (Wildman–Crippen LogP) is 11.4. The van der Waals surface area contributed by atoms with Gasteiger partial charge in [-0.3, -0.25) is 0 Å². The first kappa shape index (κ1) is 40.2. The zero-order valence-corrected chi connectivity index (χ0v) is 42.6. The first-order valence-corrected chi connectivity index (χ1v) is 33.9. The third-order valence-electron chi connectivity index (χ3n) is 16.1. The molecule has 1 aromatic heterocycles. The van der Waals surface area contributed by atoms with Gasteiger partial charge in [0.25, 0.3) is 6.71 Å². The maximum Gasteiger partial charge on any atom is 0.252 e. The van der Waals surface area contributed by atoms with Crippen LogP contribution in [0, 0.1) is 13.8 Å². The van der Waals surface area contributed by atoms with E-state index in [1.54, 1.807) is 21.4 Å². The van der Waals surface area contributed by atoms with E-state index in [4.69, 9.17) is 0 Å². The third-order valence-corrected chi connectivity index (χ3v) is 22.2. The van der Waals surface area contributed by atoms with Gasteiger partial charge in [-0.15, -0.1) is 0 Å². The Morgan fingerprint density at radius 2 is 1.10 bits per heavy atom. The zero-order chi connectivity index (χ0) is 43.6. The molecule has 0 bridgehead atoms. The molecule has 7 heteroatoms. The molecule has 314 valence electrons. The van der Waals surface area contributed by atoms with Crippen molar-refractivity contribution in [3.05, 3.63) is 120 Å². The molecule has 2 unspecified atom stereocenters. The first-order valence-electron chi connectivity index (χ1n) is 23.4. The quantitative estimate of drug-likeness (QED) is 0.154. The van der Waals surface area contributed by atoms with Gasteiger partial charge >= 0.3 is 0 Å². The number of hydrogen-bond acceptors (Lipinski definition) is 2. The van der Waals surface area contributed by atoms with Crippen molar-refractivity contribution >= 4 is 113 Å². The van der Waals surface area contributed by atoms with Gasteiger partial charge in [-0.05, 0) is 98.0 Å². The van der Waals surface area contributed by atoms with Crippen LogP contribution >= 0.6 is 0 Å². The third kappa shape index (κ3) is 5.52. The normalized spacial score (nSPS) is 20.1. The Kier molecular flexibility index (Phi) is 8.44. The monoisotopic (exact) mass is 861 g/mol. The van der Waals surface area contributed by atoms with Crippen molar-refractivity contribution < 1.29 is 0 Å². The van der Waals surface area contributed by atoms with Crippen LogP contribution in [0.25, 0.3) is 27.5 Å². The van der Waals surface area contributed by atoms with Gasteiger partial charge in [0, 0.05) is 50.1 Å². The van der Waals surface area contributed by atoms with Gasteiger partial charge in [0.05, 0.1) is 41.0 Å². The number of benzene rings is 6. The topological polar surface area (TPSA) is 11.4 Å². The maximum absolute atomic E-state index is 2.94. The Labute approximate surface area is 374 Å². The van der Waals surface area contributed by atoms with Crippen molar-refractivity contribution in [2.45, 2.75) is 123 Å².